The number of nitrogens with two attached hydrogens (primary N) is 1. The molecule has 12 nitrogen and oxygen atoms in total. The van der Waals surface area contributed by atoms with Gasteiger partial charge >= 0.3 is 12.1 Å². The van der Waals surface area contributed by atoms with Crippen LogP contribution >= 0.6 is 11.6 Å². The lowest BCUT2D eigenvalue weighted by molar-refractivity contribution is -0.192. The van der Waals surface area contributed by atoms with Crippen LogP contribution in [0.25, 0.3) is 0 Å². The standard InChI is InChI=1S/C24H26ClN5O5.C2HF3O2/c1-33-12-13-34-17-6-7-18(20(14-17)35-11-3-9-26)23(31)29-19-4-2-10-27-22(19)24(32)30-21-8-5-16(25)15-28-21;3-2(4,5)1(6)7/h2,4-8,10,14-15H,3,9,11-13,26H2,1H3,(H,29,31)(H,28,30,32);(H,6,7). The molecule has 2 aromatic heterocycles. The number of benzene rings is 1. The maximum absolute atomic E-state index is 13.1. The Bertz CT molecular complexity index is 1340. The minimum absolute atomic E-state index is 0.0164. The Morgan fingerprint density at radius 1 is 1.00 bits per heavy atom. The van der Waals surface area contributed by atoms with Gasteiger partial charge in [-0.25, -0.2) is 14.8 Å². The molecule has 0 saturated heterocycles. The second-order valence-electron chi connectivity index (χ2n) is 7.96. The molecule has 0 aliphatic rings. The molecule has 5 N–H and O–H groups in total. The number of hydrogen-bond donors (Lipinski definition) is 4. The van der Waals surface area contributed by atoms with Crippen molar-refractivity contribution >= 4 is 40.9 Å². The summed E-state index contributed by atoms with van der Waals surface area (Å²) >= 11 is 5.84. The van der Waals surface area contributed by atoms with Gasteiger partial charge in [-0.2, -0.15) is 13.2 Å². The third-order valence-electron chi connectivity index (χ3n) is 4.84. The summed E-state index contributed by atoms with van der Waals surface area (Å²) in [6.07, 6.45) is -1.61. The Morgan fingerprint density at radius 3 is 2.36 bits per heavy atom. The summed E-state index contributed by atoms with van der Waals surface area (Å²) < 4.78 is 48.1. The van der Waals surface area contributed by atoms with Crippen LogP contribution in [-0.2, 0) is 9.53 Å². The molecule has 0 radical (unpaired) electrons. The number of alkyl halides is 3. The van der Waals surface area contributed by atoms with Crippen LogP contribution in [0.3, 0.4) is 0 Å². The lowest BCUT2D eigenvalue weighted by atomic mass is 10.1. The Hall–Kier alpha value is -4.47. The number of nitrogens with one attached hydrogen (secondary N) is 2. The highest BCUT2D eigenvalue weighted by Crippen LogP contribution is 2.27. The summed E-state index contributed by atoms with van der Waals surface area (Å²) in [6, 6.07) is 11.2. The smallest absolute Gasteiger partial charge is 0.490 e. The van der Waals surface area contributed by atoms with Crippen molar-refractivity contribution < 1.29 is 46.9 Å². The van der Waals surface area contributed by atoms with Gasteiger partial charge in [0.2, 0.25) is 0 Å². The number of ether oxygens (including phenoxy) is 3. The average molecular weight is 614 g/mol. The van der Waals surface area contributed by atoms with Gasteiger partial charge in [-0.15, -0.1) is 0 Å². The number of rotatable bonds is 12. The molecule has 3 aromatic rings. The molecule has 3 rings (SSSR count). The molecule has 42 heavy (non-hydrogen) atoms. The molecule has 0 atom stereocenters. The fourth-order valence-corrected chi connectivity index (χ4v) is 3.02. The van der Waals surface area contributed by atoms with E-state index >= 15 is 0 Å². The van der Waals surface area contributed by atoms with Crippen LogP contribution in [0.5, 0.6) is 11.5 Å². The highest BCUT2D eigenvalue weighted by molar-refractivity contribution is 6.30. The first kappa shape index (κ1) is 33.7. The predicted octanol–water partition coefficient (Wildman–Crippen LogP) is 4.02. The number of pyridine rings is 2. The van der Waals surface area contributed by atoms with Gasteiger partial charge in [0.25, 0.3) is 11.8 Å². The topological polar surface area (TPSA) is 175 Å². The van der Waals surface area contributed by atoms with Gasteiger partial charge in [0.1, 0.15) is 23.9 Å². The molecular formula is C26H27ClF3N5O7. The van der Waals surface area contributed by atoms with E-state index in [9.17, 15) is 22.8 Å². The Labute approximate surface area is 242 Å². The summed E-state index contributed by atoms with van der Waals surface area (Å²) in [7, 11) is 1.58. The van der Waals surface area contributed by atoms with Gasteiger partial charge in [0.05, 0.1) is 29.5 Å². The zero-order valence-corrected chi connectivity index (χ0v) is 22.9. The molecule has 0 spiro atoms. The maximum Gasteiger partial charge on any atom is 0.490 e. The number of carboxylic acid groups (broad SMARTS) is 1. The van der Waals surface area contributed by atoms with Crippen LogP contribution < -0.4 is 25.8 Å². The SMILES string of the molecule is COCCOc1ccc(C(=O)Nc2cccnc2C(=O)Nc2ccc(Cl)cn2)c(OCCCN)c1.O=C(O)C(F)(F)F. The fraction of sp³-hybridized carbons (Fsp3) is 0.269. The number of hydrogen-bond acceptors (Lipinski definition) is 9. The largest absolute Gasteiger partial charge is 0.493 e. The van der Waals surface area contributed by atoms with Crippen LogP contribution in [0.1, 0.15) is 27.3 Å². The third-order valence-corrected chi connectivity index (χ3v) is 5.07. The first-order valence-corrected chi connectivity index (χ1v) is 12.4. The number of carbonyl (C=O) groups is 3. The fourth-order valence-electron chi connectivity index (χ4n) is 2.91. The summed E-state index contributed by atoms with van der Waals surface area (Å²) in [5.74, 6) is -2.64. The van der Waals surface area contributed by atoms with Gasteiger partial charge < -0.3 is 35.7 Å². The number of carboxylic acids is 1. The number of halogens is 4. The van der Waals surface area contributed by atoms with Crippen molar-refractivity contribution in [3.05, 3.63) is 71.1 Å². The molecule has 0 saturated carbocycles. The predicted molar refractivity (Wildman–Crippen MR) is 146 cm³/mol. The Morgan fingerprint density at radius 2 is 1.74 bits per heavy atom. The number of nitrogens with zero attached hydrogens (tertiary/aromatic N) is 2. The molecule has 226 valence electrons. The second kappa shape index (κ2) is 16.7. The van der Waals surface area contributed by atoms with Gasteiger partial charge in [0.15, 0.2) is 5.69 Å². The van der Waals surface area contributed by atoms with Crippen molar-refractivity contribution in [3.63, 3.8) is 0 Å². The highest BCUT2D eigenvalue weighted by Gasteiger charge is 2.38. The summed E-state index contributed by atoms with van der Waals surface area (Å²) in [4.78, 5) is 43.0. The molecule has 0 aliphatic heterocycles. The van der Waals surface area contributed by atoms with E-state index in [1.54, 1.807) is 49.6 Å². The van der Waals surface area contributed by atoms with E-state index < -0.39 is 24.0 Å². The second-order valence-corrected chi connectivity index (χ2v) is 8.40. The highest BCUT2D eigenvalue weighted by atomic mass is 35.5. The summed E-state index contributed by atoms with van der Waals surface area (Å²) in [5.41, 5.74) is 6.05. The van der Waals surface area contributed by atoms with E-state index in [1.165, 1.54) is 12.4 Å². The Balaban J connectivity index is 0.000000782. The first-order chi connectivity index (χ1) is 20.0. The van der Waals surface area contributed by atoms with Gasteiger partial charge in [-0.1, -0.05) is 11.6 Å². The van der Waals surface area contributed by atoms with Gasteiger partial charge in [-0.05, 0) is 49.4 Å². The van der Waals surface area contributed by atoms with E-state index in [-0.39, 0.29) is 16.9 Å². The van der Waals surface area contributed by atoms with Crippen molar-refractivity contribution in [2.75, 3.05) is 44.1 Å². The normalized spacial score (nSPS) is 10.6. The number of anilines is 2. The number of aromatic nitrogens is 2. The van der Waals surface area contributed by atoms with Crippen molar-refractivity contribution in [2.45, 2.75) is 12.6 Å². The quantitative estimate of drug-likeness (QED) is 0.218. The van der Waals surface area contributed by atoms with Crippen molar-refractivity contribution in [2.24, 2.45) is 5.73 Å². The van der Waals surface area contributed by atoms with Crippen molar-refractivity contribution in [3.8, 4) is 11.5 Å². The molecule has 0 bridgehead atoms. The van der Waals surface area contributed by atoms with Crippen LogP contribution in [-0.4, -0.2) is 72.5 Å². The average Bonchev–Trinajstić information content (AvgIpc) is 2.95. The zero-order valence-electron chi connectivity index (χ0n) is 22.1. The first-order valence-electron chi connectivity index (χ1n) is 12.0. The zero-order chi connectivity index (χ0) is 31.1. The van der Waals surface area contributed by atoms with Crippen LogP contribution in [0, 0.1) is 0 Å². The summed E-state index contributed by atoms with van der Waals surface area (Å²) in [5, 5.41) is 12.9. The molecule has 2 amide bonds. The van der Waals surface area contributed by atoms with Crippen LogP contribution in [0.15, 0.2) is 54.9 Å². The molecule has 0 unspecified atom stereocenters. The van der Waals surface area contributed by atoms with E-state index in [1.807, 2.05) is 0 Å². The molecule has 0 aliphatic carbocycles. The number of aliphatic carboxylic acids is 1. The van der Waals surface area contributed by atoms with Crippen LogP contribution in [0.4, 0.5) is 24.7 Å². The molecule has 1 aromatic carbocycles. The summed E-state index contributed by atoms with van der Waals surface area (Å²) in [6.45, 7) is 1.54. The number of carbonyl (C=O) groups excluding carboxylic acids is 2. The van der Waals surface area contributed by atoms with E-state index in [2.05, 4.69) is 20.6 Å². The van der Waals surface area contributed by atoms with Crippen LogP contribution in [0.2, 0.25) is 5.02 Å². The van der Waals surface area contributed by atoms with Gasteiger partial charge in [0, 0.05) is 25.6 Å². The van der Waals surface area contributed by atoms with Crippen molar-refractivity contribution in [1.29, 1.82) is 0 Å². The molecular weight excluding hydrogens is 587 g/mol. The monoisotopic (exact) mass is 613 g/mol. The van der Waals surface area contributed by atoms with E-state index in [0.29, 0.717) is 55.1 Å². The maximum atomic E-state index is 13.1. The van der Waals surface area contributed by atoms with E-state index in [4.69, 9.17) is 41.4 Å². The van der Waals surface area contributed by atoms with E-state index in [0.717, 1.165) is 0 Å². The molecule has 16 heteroatoms. The lowest BCUT2D eigenvalue weighted by Crippen LogP contribution is -2.21. The lowest BCUT2D eigenvalue weighted by Gasteiger charge is -2.15. The minimum atomic E-state index is -5.08. The molecule has 2 heterocycles. The third kappa shape index (κ3) is 11.2. The number of amides is 2. The molecule has 0 fully saturated rings. The minimum Gasteiger partial charge on any atom is -0.493 e. The van der Waals surface area contributed by atoms with Crippen molar-refractivity contribution in [1.82, 2.24) is 9.97 Å². The number of methoxy groups -OCH3 is 1. The Kier molecular flexibility index (Phi) is 13.4. The van der Waals surface area contributed by atoms with Gasteiger partial charge in [-0.3, -0.25) is 9.59 Å².